The maximum Gasteiger partial charge on any atom is 0.262 e. The van der Waals surface area contributed by atoms with Crippen molar-refractivity contribution in [3.8, 4) is 17.2 Å². The summed E-state index contributed by atoms with van der Waals surface area (Å²) in [5.74, 6) is 1.82. The lowest BCUT2D eigenvalue weighted by Gasteiger charge is -2.08. The van der Waals surface area contributed by atoms with E-state index >= 15 is 0 Å². The SMILES string of the molecule is Cc1ccc(OCC(=O)Nc2cccc(-c3nc(CNC(=O)Cc4c(C)noc4C)c(C)o3)c2)cc1. The number of nitrogens with one attached hydrogen (secondary N) is 2. The van der Waals surface area contributed by atoms with Crippen LogP contribution in [0, 0.1) is 27.7 Å². The number of hydrogen-bond donors (Lipinski definition) is 2. The van der Waals surface area contributed by atoms with Crippen molar-refractivity contribution in [3.05, 3.63) is 82.6 Å². The lowest BCUT2D eigenvalue weighted by Crippen LogP contribution is -2.25. The Kier molecular flexibility index (Phi) is 7.48. The van der Waals surface area contributed by atoms with Crippen LogP contribution in [-0.2, 0) is 22.6 Å². The van der Waals surface area contributed by atoms with Gasteiger partial charge >= 0.3 is 0 Å². The minimum atomic E-state index is -0.280. The van der Waals surface area contributed by atoms with Gasteiger partial charge in [-0.15, -0.1) is 0 Å². The molecule has 0 aliphatic carbocycles. The highest BCUT2D eigenvalue weighted by molar-refractivity contribution is 5.92. The molecule has 0 bridgehead atoms. The van der Waals surface area contributed by atoms with E-state index < -0.39 is 0 Å². The van der Waals surface area contributed by atoms with Gasteiger partial charge in [-0.1, -0.05) is 28.9 Å². The summed E-state index contributed by atoms with van der Waals surface area (Å²) in [7, 11) is 0. The van der Waals surface area contributed by atoms with Crippen molar-refractivity contribution >= 4 is 17.5 Å². The number of carbonyl (C=O) groups excluding carboxylic acids is 2. The molecule has 36 heavy (non-hydrogen) atoms. The van der Waals surface area contributed by atoms with Crippen molar-refractivity contribution in [3.63, 3.8) is 0 Å². The Morgan fingerprint density at radius 2 is 1.75 bits per heavy atom. The van der Waals surface area contributed by atoms with Gasteiger partial charge in [0.1, 0.15) is 23.0 Å². The van der Waals surface area contributed by atoms with E-state index in [0.29, 0.717) is 45.8 Å². The first-order valence-corrected chi connectivity index (χ1v) is 11.5. The molecule has 9 heteroatoms. The second kappa shape index (κ2) is 10.9. The van der Waals surface area contributed by atoms with Crippen LogP contribution in [0.1, 0.15) is 34.0 Å². The Bertz CT molecular complexity index is 1350. The van der Waals surface area contributed by atoms with Crippen molar-refractivity contribution < 1.29 is 23.3 Å². The third-order valence-electron chi connectivity index (χ3n) is 5.65. The summed E-state index contributed by atoms with van der Waals surface area (Å²) in [5.41, 5.74) is 4.52. The van der Waals surface area contributed by atoms with Gasteiger partial charge in [-0.3, -0.25) is 9.59 Å². The lowest BCUT2D eigenvalue weighted by atomic mass is 10.1. The minimum Gasteiger partial charge on any atom is -0.484 e. The normalized spacial score (nSPS) is 10.8. The molecule has 0 spiro atoms. The largest absolute Gasteiger partial charge is 0.484 e. The molecular formula is C27H28N4O5. The molecule has 9 nitrogen and oxygen atoms in total. The van der Waals surface area contributed by atoms with Crippen LogP contribution in [0.4, 0.5) is 5.69 Å². The third kappa shape index (κ3) is 6.18. The van der Waals surface area contributed by atoms with Gasteiger partial charge in [-0.05, 0) is 58.0 Å². The van der Waals surface area contributed by atoms with Gasteiger partial charge in [0.2, 0.25) is 11.8 Å². The molecule has 0 radical (unpaired) electrons. The van der Waals surface area contributed by atoms with Crippen molar-refractivity contribution in [2.24, 2.45) is 0 Å². The smallest absolute Gasteiger partial charge is 0.262 e. The number of aromatic nitrogens is 2. The van der Waals surface area contributed by atoms with E-state index in [-0.39, 0.29) is 31.4 Å². The van der Waals surface area contributed by atoms with E-state index in [1.807, 2.05) is 37.3 Å². The first kappa shape index (κ1) is 24.7. The zero-order chi connectivity index (χ0) is 25.7. The van der Waals surface area contributed by atoms with E-state index in [2.05, 4.69) is 20.8 Å². The molecule has 0 aliphatic heterocycles. The fourth-order valence-electron chi connectivity index (χ4n) is 3.59. The van der Waals surface area contributed by atoms with Crippen molar-refractivity contribution in [2.75, 3.05) is 11.9 Å². The van der Waals surface area contributed by atoms with Crippen LogP contribution in [-0.4, -0.2) is 28.6 Å². The standard InChI is InChI=1S/C27H28N4O5/c1-16-8-10-22(11-9-16)34-15-26(33)29-21-7-5-6-20(12-21)27-30-24(19(4)35-27)14-28-25(32)13-23-17(2)31-36-18(23)3/h5-12H,13-15H2,1-4H3,(H,28,32)(H,29,33). The zero-order valence-electron chi connectivity index (χ0n) is 20.7. The van der Waals surface area contributed by atoms with Crippen LogP contribution >= 0.6 is 0 Å². The van der Waals surface area contributed by atoms with Crippen molar-refractivity contribution in [1.82, 2.24) is 15.5 Å². The number of nitrogens with zero attached hydrogens (tertiary/aromatic N) is 2. The Balaban J connectivity index is 1.34. The Morgan fingerprint density at radius 1 is 0.972 bits per heavy atom. The molecule has 2 amide bonds. The summed E-state index contributed by atoms with van der Waals surface area (Å²) in [6.45, 7) is 7.49. The highest BCUT2D eigenvalue weighted by Crippen LogP contribution is 2.24. The fourth-order valence-corrected chi connectivity index (χ4v) is 3.59. The molecule has 186 valence electrons. The van der Waals surface area contributed by atoms with Crippen LogP contribution in [0.15, 0.2) is 57.5 Å². The maximum absolute atomic E-state index is 12.4. The molecular weight excluding hydrogens is 460 g/mol. The Hall–Kier alpha value is -4.40. The van der Waals surface area contributed by atoms with E-state index in [0.717, 1.165) is 11.1 Å². The predicted molar refractivity (Wildman–Crippen MR) is 134 cm³/mol. The maximum atomic E-state index is 12.4. The van der Waals surface area contributed by atoms with E-state index in [1.54, 1.807) is 39.0 Å². The number of aryl methyl sites for hydroxylation is 4. The van der Waals surface area contributed by atoms with E-state index in [4.69, 9.17) is 13.7 Å². The van der Waals surface area contributed by atoms with Gasteiger partial charge in [0, 0.05) is 16.8 Å². The molecule has 0 unspecified atom stereocenters. The predicted octanol–water partition coefficient (Wildman–Crippen LogP) is 4.44. The zero-order valence-corrected chi connectivity index (χ0v) is 20.7. The van der Waals surface area contributed by atoms with Crippen molar-refractivity contribution in [1.29, 1.82) is 0 Å². The second-order valence-electron chi connectivity index (χ2n) is 8.51. The van der Waals surface area contributed by atoms with Gasteiger partial charge in [-0.25, -0.2) is 4.98 Å². The highest BCUT2D eigenvalue weighted by Gasteiger charge is 2.16. The summed E-state index contributed by atoms with van der Waals surface area (Å²) < 4.78 is 16.5. The van der Waals surface area contributed by atoms with Crippen LogP contribution in [0.5, 0.6) is 5.75 Å². The molecule has 0 atom stereocenters. The molecule has 4 rings (SSSR count). The number of benzene rings is 2. The van der Waals surface area contributed by atoms with Crippen LogP contribution in [0.3, 0.4) is 0 Å². The van der Waals surface area contributed by atoms with Gasteiger partial charge in [0.15, 0.2) is 6.61 Å². The van der Waals surface area contributed by atoms with Crippen LogP contribution in [0.25, 0.3) is 11.5 Å². The first-order chi connectivity index (χ1) is 17.3. The quantitative estimate of drug-likeness (QED) is 0.357. The van der Waals surface area contributed by atoms with Gasteiger partial charge in [0.25, 0.3) is 5.91 Å². The average Bonchev–Trinajstić information content (AvgIpc) is 3.39. The Morgan fingerprint density at radius 3 is 2.47 bits per heavy atom. The number of carbonyl (C=O) groups is 2. The van der Waals surface area contributed by atoms with Gasteiger partial charge in [-0.2, -0.15) is 0 Å². The van der Waals surface area contributed by atoms with Crippen LogP contribution in [0.2, 0.25) is 0 Å². The monoisotopic (exact) mass is 488 g/mol. The fraction of sp³-hybridized carbons (Fsp3) is 0.259. The molecule has 0 aliphatic rings. The van der Waals surface area contributed by atoms with Crippen molar-refractivity contribution in [2.45, 2.75) is 40.7 Å². The van der Waals surface area contributed by atoms with E-state index in [9.17, 15) is 9.59 Å². The first-order valence-electron chi connectivity index (χ1n) is 11.5. The summed E-state index contributed by atoms with van der Waals surface area (Å²) in [4.78, 5) is 29.3. The molecule has 2 aromatic heterocycles. The Labute approximate surface area is 208 Å². The summed E-state index contributed by atoms with van der Waals surface area (Å²) in [6, 6.07) is 14.7. The number of rotatable bonds is 9. The minimum absolute atomic E-state index is 0.108. The van der Waals surface area contributed by atoms with Gasteiger partial charge in [0.05, 0.1) is 18.7 Å². The summed E-state index contributed by atoms with van der Waals surface area (Å²) in [6.07, 6.45) is 0.181. The molecule has 2 aromatic carbocycles. The van der Waals surface area contributed by atoms with Crippen LogP contribution < -0.4 is 15.4 Å². The number of ether oxygens (including phenoxy) is 1. The topological polar surface area (TPSA) is 119 Å². The van der Waals surface area contributed by atoms with Gasteiger partial charge < -0.3 is 24.3 Å². The second-order valence-corrected chi connectivity index (χ2v) is 8.51. The molecule has 0 saturated carbocycles. The molecule has 2 N–H and O–H groups in total. The molecule has 0 saturated heterocycles. The lowest BCUT2D eigenvalue weighted by molar-refractivity contribution is -0.120. The number of oxazole rings is 1. The number of anilines is 1. The summed E-state index contributed by atoms with van der Waals surface area (Å²) in [5, 5.41) is 9.56. The number of amides is 2. The highest BCUT2D eigenvalue weighted by atomic mass is 16.5. The molecule has 0 fully saturated rings. The number of hydrogen-bond acceptors (Lipinski definition) is 7. The van der Waals surface area contributed by atoms with E-state index in [1.165, 1.54) is 0 Å². The molecule has 2 heterocycles. The average molecular weight is 489 g/mol. The summed E-state index contributed by atoms with van der Waals surface area (Å²) >= 11 is 0. The third-order valence-corrected chi connectivity index (χ3v) is 5.65. The molecule has 4 aromatic rings.